The first kappa shape index (κ1) is 13.4. The summed E-state index contributed by atoms with van der Waals surface area (Å²) >= 11 is 0. The summed E-state index contributed by atoms with van der Waals surface area (Å²) in [5.74, 6) is 1.87. The van der Waals surface area contributed by atoms with Gasteiger partial charge in [-0.2, -0.15) is 0 Å². The van der Waals surface area contributed by atoms with Gasteiger partial charge in [-0.1, -0.05) is 24.3 Å². The Bertz CT molecular complexity index is 480. The molecule has 0 spiro atoms. The van der Waals surface area contributed by atoms with Gasteiger partial charge in [0, 0.05) is 12.1 Å². The number of quaternary nitrogens is 1. The first-order valence-electron chi connectivity index (χ1n) is 5.51. The van der Waals surface area contributed by atoms with Gasteiger partial charge in [-0.25, -0.2) is 0 Å². The smallest absolute Gasteiger partial charge is 0.445 e. The minimum absolute atomic E-state index is 0.936. The molecule has 2 N–H and O–H groups in total. The van der Waals surface area contributed by atoms with Gasteiger partial charge in [-0.05, 0) is 12.1 Å². The fourth-order valence-corrected chi connectivity index (χ4v) is 1.67. The van der Waals surface area contributed by atoms with Gasteiger partial charge in [-0.15, -0.1) is 0 Å². The highest BCUT2D eigenvalue weighted by Crippen LogP contribution is 2.34. The fraction of sp³-hybridized carbons (Fsp3) is 0. The van der Waals surface area contributed by atoms with E-state index < -0.39 is 7.25 Å². The molecule has 0 bridgehead atoms. The SMILES string of the molecule is F[B-](F)(F)F.c1ccc2c(c1)[NH2+]c1ccccc1O2. The molecule has 100 valence electrons. The average Bonchev–Trinajstić information content (AvgIpc) is 2.34. The summed E-state index contributed by atoms with van der Waals surface area (Å²) in [5.41, 5.74) is 2.29. The van der Waals surface area contributed by atoms with E-state index in [1.165, 1.54) is 0 Å². The van der Waals surface area contributed by atoms with E-state index in [1.54, 1.807) is 0 Å². The molecule has 1 aliphatic heterocycles. The van der Waals surface area contributed by atoms with Gasteiger partial charge >= 0.3 is 7.25 Å². The van der Waals surface area contributed by atoms with E-state index in [-0.39, 0.29) is 0 Å². The molecule has 0 radical (unpaired) electrons. The van der Waals surface area contributed by atoms with Crippen LogP contribution in [0.25, 0.3) is 0 Å². The molecule has 2 aromatic rings. The maximum absolute atomic E-state index is 9.75. The van der Waals surface area contributed by atoms with Gasteiger partial charge in [-0.3, -0.25) is 5.32 Å². The lowest BCUT2D eigenvalue weighted by Crippen LogP contribution is -2.72. The molecule has 3 rings (SSSR count). The highest BCUT2D eigenvalue weighted by Gasteiger charge is 2.20. The summed E-state index contributed by atoms with van der Waals surface area (Å²) in [6.45, 7) is 0. The van der Waals surface area contributed by atoms with E-state index in [0.717, 1.165) is 22.9 Å². The second kappa shape index (κ2) is 5.32. The van der Waals surface area contributed by atoms with Crippen molar-refractivity contribution >= 4 is 18.6 Å². The van der Waals surface area contributed by atoms with Crippen LogP contribution in [0.3, 0.4) is 0 Å². The number of hydrogen-bond acceptors (Lipinski definition) is 1. The Morgan fingerprint density at radius 2 is 1.11 bits per heavy atom. The maximum atomic E-state index is 9.75. The molecule has 0 fully saturated rings. The molecule has 0 saturated heterocycles. The van der Waals surface area contributed by atoms with E-state index >= 15 is 0 Å². The predicted molar refractivity (Wildman–Crippen MR) is 64.4 cm³/mol. The fourth-order valence-electron chi connectivity index (χ4n) is 1.67. The summed E-state index contributed by atoms with van der Waals surface area (Å²) in [7, 11) is -6.00. The molecule has 1 aliphatic rings. The highest BCUT2D eigenvalue weighted by atomic mass is 19.5. The number of benzene rings is 2. The monoisotopic (exact) mass is 271 g/mol. The van der Waals surface area contributed by atoms with Gasteiger partial charge in [0.05, 0.1) is 0 Å². The summed E-state index contributed by atoms with van der Waals surface area (Å²) in [4.78, 5) is 0. The maximum Gasteiger partial charge on any atom is 0.673 e. The van der Waals surface area contributed by atoms with Crippen molar-refractivity contribution < 1.29 is 27.3 Å². The van der Waals surface area contributed by atoms with E-state index in [2.05, 4.69) is 17.4 Å². The molecule has 0 saturated carbocycles. The molecule has 0 amide bonds. The van der Waals surface area contributed by atoms with Crippen LogP contribution in [0.5, 0.6) is 11.5 Å². The Morgan fingerprint density at radius 3 is 1.53 bits per heavy atom. The Labute approximate surface area is 107 Å². The Kier molecular flexibility index (Phi) is 3.75. The van der Waals surface area contributed by atoms with Crippen LogP contribution in [0.15, 0.2) is 48.5 Å². The van der Waals surface area contributed by atoms with Gasteiger partial charge in [0.25, 0.3) is 0 Å². The minimum atomic E-state index is -6.00. The first-order chi connectivity index (χ1) is 8.93. The molecular weight excluding hydrogens is 261 g/mol. The number of halogens is 4. The number of hydrogen-bond donors (Lipinski definition) is 1. The summed E-state index contributed by atoms with van der Waals surface area (Å²) in [5, 5.41) is 2.15. The first-order valence-corrected chi connectivity index (χ1v) is 5.51. The zero-order valence-corrected chi connectivity index (χ0v) is 9.69. The second-order valence-corrected chi connectivity index (χ2v) is 3.82. The van der Waals surface area contributed by atoms with Crippen LogP contribution in [0, 0.1) is 0 Å². The highest BCUT2D eigenvalue weighted by molar-refractivity contribution is 6.50. The lowest BCUT2D eigenvalue weighted by molar-refractivity contribution is -0.483. The van der Waals surface area contributed by atoms with Crippen molar-refractivity contribution in [3.8, 4) is 11.5 Å². The normalized spacial score (nSPS) is 12.4. The predicted octanol–water partition coefficient (Wildman–Crippen LogP) is 3.62. The average molecular weight is 271 g/mol. The van der Waals surface area contributed by atoms with Crippen molar-refractivity contribution in [1.82, 2.24) is 0 Å². The van der Waals surface area contributed by atoms with Crippen LogP contribution >= 0.6 is 0 Å². The third-order valence-corrected chi connectivity index (χ3v) is 2.37. The summed E-state index contributed by atoms with van der Waals surface area (Å²) in [6.07, 6.45) is 0. The van der Waals surface area contributed by atoms with Crippen LogP contribution in [-0.4, -0.2) is 7.25 Å². The van der Waals surface area contributed by atoms with Gasteiger partial charge < -0.3 is 22.0 Å². The number of ether oxygens (including phenoxy) is 1. The molecule has 19 heavy (non-hydrogen) atoms. The Hall–Kier alpha value is -2.02. The molecule has 1 heterocycles. The third-order valence-electron chi connectivity index (χ3n) is 2.37. The van der Waals surface area contributed by atoms with Crippen molar-refractivity contribution in [2.45, 2.75) is 0 Å². The van der Waals surface area contributed by atoms with Crippen LogP contribution in [-0.2, 0) is 0 Å². The van der Waals surface area contributed by atoms with Crippen molar-refractivity contribution in [3.63, 3.8) is 0 Å². The minimum Gasteiger partial charge on any atom is -0.445 e. The Morgan fingerprint density at radius 1 is 0.737 bits per heavy atom. The van der Waals surface area contributed by atoms with Crippen molar-refractivity contribution in [1.29, 1.82) is 0 Å². The van der Waals surface area contributed by atoms with Crippen molar-refractivity contribution in [2.24, 2.45) is 0 Å². The lowest BCUT2D eigenvalue weighted by Gasteiger charge is -2.16. The quantitative estimate of drug-likeness (QED) is 0.377. The molecular formula is C12H10BF4NO. The lowest BCUT2D eigenvalue weighted by atomic mass is 10.2. The van der Waals surface area contributed by atoms with E-state index in [1.807, 2.05) is 36.4 Å². The van der Waals surface area contributed by atoms with E-state index in [9.17, 15) is 17.3 Å². The van der Waals surface area contributed by atoms with Gasteiger partial charge in [0.1, 0.15) is 0 Å². The van der Waals surface area contributed by atoms with Gasteiger partial charge in [0.15, 0.2) is 22.9 Å². The molecule has 2 nitrogen and oxygen atoms in total. The van der Waals surface area contributed by atoms with Crippen molar-refractivity contribution in [2.75, 3.05) is 0 Å². The molecule has 2 aromatic carbocycles. The molecule has 0 aromatic heterocycles. The standard InChI is InChI=1S/C12H9NO.BF4/c1-3-7-11-9(5-1)13-10-6-2-4-8-12(10)14-11;2-1(3,4)5/h1-8,13H;/q;-1/p+1. The zero-order chi connectivity index (χ0) is 13.9. The third kappa shape index (κ3) is 3.99. The molecule has 7 heteroatoms. The summed E-state index contributed by atoms with van der Waals surface area (Å²) < 4.78 is 44.7. The molecule has 0 aliphatic carbocycles. The van der Waals surface area contributed by atoms with Crippen LogP contribution < -0.4 is 10.1 Å². The molecule has 0 atom stereocenters. The van der Waals surface area contributed by atoms with E-state index in [4.69, 9.17) is 4.74 Å². The summed E-state index contributed by atoms with van der Waals surface area (Å²) in [6, 6.07) is 16.1. The molecule has 0 unspecified atom stereocenters. The van der Waals surface area contributed by atoms with E-state index in [0.29, 0.717) is 0 Å². The Balaban J connectivity index is 0.000000232. The largest absolute Gasteiger partial charge is 0.673 e. The van der Waals surface area contributed by atoms with Crippen LogP contribution in [0.4, 0.5) is 28.6 Å². The number of para-hydroxylation sites is 4. The van der Waals surface area contributed by atoms with Crippen molar-refractivity contribution in [3.05, 3.63) is 48.5 Å². The zero-order valence-electron chi connectivity index (χ0n) is 9.69. The number of fused-ring (bicyclic) bond motifs is 2. The topological polar surface area (TPSA) is 25.8 Å². The van der Waals surface area contributed by atoms with Crippen LogP contribution in [0.1, 0.15) is 0 Å². The second-order valence-electron chi connectivity index (χ2n) is 3.82. The number of nitrogens with two attached hydrogens (primary N) is 1. The van der Waals surface area contributed by atoms with Crippen LogP contribution in [0.2, 0.25) is 0 Å². The van der Waals surface area contributed by atoms with Gasteiger partial charge in [0.2, 0.25) is 0 Å². The number of rotatable bonds is 0.